The first-order chi connectivity index (χ1) is 11.8. The summed E-state index contributed by atoms with van der Waals surface area (Å²) in [6.07, 6.45) is 6.01. The first-order valence-corrected chi connectivity index (χ1v) is 9.28. The second-order valence-electron chi connectivity index (χ2n) is 7.45. The summed E-state index contributed by atoms with van der Waals surface area (Å²) >= 11 is 1.40. The normalized spacial score (nSPS) is 16.8. The lowest BCUT2D eigenvalue weighted by Gasteiger charge is -2.19. The molecule has 1 aliphatic rings. The summed E-state index contributed by atoms with van der Waals surface area (Å²) in [6, 6.07) is 0. The largest absolute Gasteiger partial charge is 0.504 e. The SMILES string of the molecule is CC(C)(C)c1c(O)c(N=Nc2nnc(C3CCCCC3)s2)c(O)n1N. The van der Waals surface area contributed by atoms with E-state index in [0.717, 1.165) is 22.5 Å². The molecule has 8 nitrogen and oxygen atoms in total. The van der Waals surface area contributed by atoms with Crippen molar-refractivity contribution in [1.29, 1.82) is 0 Å². The van der Waals surface area contributed by atoms with Gasteiger partial charge in [-0.1, -0.05) is 51.4 Å². The summed E-state index contributed by atoms with van der Waals surface area (Å²) in [7, 11) is 0. The summed E-state index contributed by atoms with van der Waals surface area (Å²) in [5.74, 6) is 5.79. The topological polar surface area (TPSA) is 122 Å². The van der Waals surface area contributed by atoms with E-state index in [1.165, 1.54) is 30.6 Å². The van der Waals surface area contributed by atoms with Gasteiger partial charge in [-0.2, -0.15) is 0 Å². The van der Waals surface area contributed by atoms with Crippen LogP contribution in [0.2, 0.25) is 0 Å². The van der Waals surface area contributed by atoms with Crippen LogP contribution in [0.1, 0.15) is 69.5 Å². The van der Waals surface area contributed by atoms with Crippen LogP contribution in [0.15, 0.2) is 10.2 Å². The Morgan fingerprint density at radius 1 is 1.12 bits per heavy atom. The molecule has 1 fully saturated rings. The predicted molar refractivity (Wildman–Crippen MR) is 96.5 cm³/mol. The van der Waals surface area contributed by atoms with E-state index in [2.05, 4.69) is 20.4 Å². The molecule has 2 aromatic rings. The van der Waals surface area contributed by atoms with Gasteiger partial charge in [0.05, 0.1) is 5.69 Å². The van der Waals surface area contributed by atoms with Crippen molar-refractivity contribution in [2.75, 3.05) is 5.84 Å². The highest BCUT2D eigenvalue weighted by atomic mass is 32.1. The quantitative estimate of drug-likeness (QED) is 0.556. The zero-order chi connectivity index (χ0) is 18.2. The molecule has 4 N–H and O–H groups in total. The molecule has 0 radical (unpaired) electrons. The van der Waals surface area contributed by atoms with E-state index in [4.69, 9.17) is 5.84 Å². The second kappa shape index (κ2) is 6.62. The Balaban J connectivity index is 1.84. The van der Waals surface area contributed by atoms with Gasteiger partial charge in [-0.25, -0.2) is 4.68 Å². The fraction of sp³-hybridized carbons (Fsp3) is 0.625. The van der Waals surface area contributed by atoms with Crippen molar-refractivity contribution in [3.8, 4) is 11.6 Å². The molecule has 3 rings (SSSR count). The molecule has 0 spiro atoms. The van der Waals surface area contributed by atoms with Crippen LogP contribution in [0.3, 0.4) is 0 Å². The van der Waals surface area contributed by atoms with E-state index in [1.807, 2.05) is 20.8 Å². The number of aromatic nitrogens is 3. The number of azo groups is 1. The first kappa shape index (κ1) is 17.7. The summed E-state index contributed by atoms with van der Waals surface area (Å²) in [5, 5.41) is 38.2. The van der Waals surface area contributed by atoms with Gasteiger partial charge in [0.1, 0.15) is 5.01 Å². The molecule has 0 bridgehead atoms. The van der Waals surface area contributed by atoms with Gasteiger partial charge in [-0.15, -0.1) is 20.4 Å². The molecule has 9 heteroatoms. The molecule has 0 saturated heterocycles. The van der Waals surface area contributed by atoms with Gasteiger partial charge in [-0.05, 0) is 12.8 Å². The maximum Gasteiger partial charge on any atom is 0.251 e. The Morgan fingerprint density at radius 3 is 2.40 bits per heavy atom. The van der Waals surface area contributed by atoms with Crippen LogP contribution in [-0.2, 0) is 5.41 Å². The van der Waals surface area contributed by atoms with E-state index in [9.17, 15) is 10.2 Å². The Kier molecular flexibility index (Phi) is 4.68. The Bertz CT molecular complexity index is 783. The lowest BCUT2D eigenvalue weighted by atomic mass is 9.90. The van der Waals surface area contributed by atoms with Gasteiger partial charge >= 0.3 is 0 Å². The molecule has 0 aliphatic heterocycles. The maximum absolute atomic E-state index is 10.4. The van der Waals surface area contributed by atoms with Crippen LogP contribution in [0, 0.1) is 0 Å². The van der Waals surface area contributed by atoms with Crippen molar-refractivity contribution in [2.45, 2.75) is 64.2 Å². The van der Waals surface area contributed by atoms with Crippen molar-refractivity contribution < 1.29 is 10.2 Å². The minimum Gasteiger partial charge on any atom is -0.504 e. The van der Waals surface area contributed by atoms with E-state index in [0.29, 0.717) is 16.7 Å². The highest BCUT2D eigenvalue weighted by Crippen LogP contribution is 2.46. The van der Waals surface area contributed by atoms with E-state index in [-0.39, 0.29) is 17.3 Å². The molecule has 0 unspecified atom stereocenters. The number of rotatable bonds is 3. The Hall–Kier alpha value is -2.16. The third-order valence-electron chi connectivity index (χ3n) is 4.46. The molecule has 25 heavy (non-hydrogen) atoms. The van der Waals surface area contributed by atoms with Crippen molar-refractivity contribution in [3.05, 3.63) is 10.7 Å². The van der Waals surface area contributed by atoms with Crippen LogP contribution in [0.4, 0.5) is 10.8 Å². The lowest BCUT2D eigenvalue weighted by molar-refractivity contribution is 0.419. The van der Waals surface area contributed by atoms with Gasteiger partial charge in [0.25, 0.3) is 5.13 Å². The number of hydrogen-bond donors (Lipinski definition) is 3. The van der Waals surface area contributed by atoms with Gasteiger partial charge in [-0.3, -0.25) is 0 Å². The van der Waals surface area contributed by atoms with Crippen LogP contribution in [0.5, 0.6) is 11.6 Å². The third kappa shape index (κ3) is 3.46. The van der Waals surface area contributed by atoms with Crippen LogP contribution < -0.4 is 5.84 Å². The van der Waals surface area contributed by atoms with Crippen LogP contribution in [0.25, 0.3) is 0 Å². The summed E-state index contributed by atoms with van der Waals surface area (Å²) < 4.78 is 1.04. The zero-order valence-corrected chi connectivity index (χ0v) is 15.5. The van der Waals surface area contributed by atoms with Crippen molar-refractivity contribution >= 4 is 22.2 Å². The average molecular weight is 364 g/mol. The summed E-state index contributed by atoms with van der Waals surface area (Å²) in [5.41, 5.74) is -0.123. The van der Waals surface area contributed by atoms with Crippen LogP contribution in [-0.4, -0.2) is 25.1 Å². The van der Waals surface area contributed by atoms with E-state index >= 15 is 0 Å². The highest BCUT2D eigenvalue weighted by Gasteiger charge is 2.30. The molecular weight excluding hydrogens is 340 g/mol. The molecule has 2 aromatic heterocycles. The van der Waals surface area contributed by atoms with Gasteiger partial charge in [0.2, 0.25) is 5.88 Å². The number of aromatic hydroxyl groups is 2. The molecule has 1 saturated carbocycles. The monoisotopic (exact) mass is 364 g/mol. The van der Waals surface area contributed by atoms with Crippen molar-refractivity contribution in [1.82, 2.24) is 14.9 Å². The standard InChI is InChI=1S/C16H24N6O2S/c1-16(2,3)12-11(23)10(14(24)22(12)17)18-20-15-21-19-13(25-15)9-7-5-4-6-8-9/h9,23-24H,4-8,17H2,1-3H3. The van der Waals surface area contributed by atoms with Gasteiger partial charge < -0.3 is 16.1 Å². The molecule has 0 amide bonds. The summed E-state index contributed by atoms with van der Waals surface area (Å²) in [6.45, 7) is 5.65. The predicted octanol–water partition coefficient (Wildman–Crippen LogP) is 4.23. The molecular formula is C16H24N6O2S. The Labute approximate surface area is 150 Å². The highest BCUT2D eigenvalue weighted by molar-refractivity contribution is 7.15. The fourth-order valence-corrected chi connectivity index (χ4v) is 4.07. The zero-order valence-electron chi connectivity index (χ0n) is 14.7. The fourth-order valence-electron chi connectivity index (χ4n) is 3.23. The van der Waals surface area contributed by atoms with E-state index in [1.54, 1.807) is 0 Å². The molecule has 0 aromatic carbocycles. The molecule has 2 heterocycles. The maximum atomic E-state index is 10.4. The Morgan fingerprint density at radius 2 is 1.80 bits per heavy atom. The van der Waals surface area contributed by atoms with Crippen LogP contribution >= 0.6 is 11.3 Å². The molecule has 136 valence electrons. The first-order valence-electron chi connectivity index (χ1n) is 8.46. The van der Waals surface area contributed by atoms with Crippen molar-refractivity contribution in [2.24, 2.45) is 10.2 Å². The third-order valence-corrected chi connectivity index (χ3v) is 5.43. The molecule has 0 atom stereocenters. The minimum absolute atomic E-state index is 0.0539. The second-order valence-corrected chi connectivity index (χ2v) is 8.43. The number of hydrogen-bond acceptors (Lipinski definition) is 8. The average Bonchev–Trinajstić information content (AvgIpc) is 3.10. The number of nitrogen functional groups attached to an aromatic ring is 1. The summed E-state index contributed by atoms with van der Waals surface area (Å²) in [4.78, 5) is 0. The van der Waals surface area contributed by atoms with Crippen molar-refractivity contribution in [3.63, 3.8) is 0 Å². The minimum atomic E-state index is -0.457. The number of nitrogens with two attached hydrogens (primary N) is 1. The number of nitrogens with zero attached hydrogens (tertiary/aromatic N) is 5. The lowest BCUT2D eigenvalue weighted by Crippen LogP contribution is -2.22. The smallest absolute Gasteiger partial charge is 0.251 e. The van der Waals surface area contributed by atoms with Gasteiger partial charge in [0, 0.05) is 11.3 Å². The van der Waals surface area contributed by atoms with Gasteiger partial charge in [0.15, 0.2) is 11.4 Å². The van der Waals surface area contributed by atoms with E-state index < -0.39 is 5.41 Å². The molecule has 1 aliphatic carbocycles.